The first kappa shape index (κ1) is 19.1. The summed E-state index contributed by atoms with van der Waals surface area (Å²) in [5.41, 5.74) is 2.24. The molecule has 0 N–H and O–H groups in total. The second kappa shape index (κ2) is 7.13. The number of likely N-dealkylation sites (N-methyl/N-ethyl adjacent to an activating group) is 1. The number of hydrogen-bond donors (Lipinski definition) is 0. The maximum atomic E-state index is 14.0. The zero-order valence-electron chi connectivity index (χ0n) is 14.8. The van der Waals surface area contributed by atoms with Gasteiger partial charge >= 0.3 is 0 Å². The fourth-order valence-electron chi connectivity index (χ4n) is 2.87. The van der Waals surface area contributed by atoms with Crippen LogP contribution in [0.2, 0.25) is 0 Å². The van der Waals surface area contributed by atoms with Gasteiger partial charge in [-0.25, -0.2) is 16.8 Å². The molecule has 0 saturated carbocycles. The molecular weight excluding hydrogens is 419 g/mol. The van der Waals surface area contributed by atoms with E-state index in [4.69, 9.17) is 0 Å². The van der Waals surface area contributed by atoms with E-state index >= 15 is 0 Å². The molecule has 4 nitrogen and oxygen atoms in total. The lowest BCUT2D eigenvalue weighted by molar-refractivity contribution is 0.414. The zero-order valence-corrected chi connectivity index (χ0v) is 17.2. The van der Waals surface area contributed by atoms with Crippen molar-refractivity contribution in [1.29, 1.82) is 0 Å². The van der Waals surface area contributed by atoms with E-state index in [1.165, 1.54) is 16.1 Å². The Balaban J connectivity index is 2.23. The van der Waals surface area contributed by atoms with Gasteiger partial charge in [-0.15, -0.1) is 0 Å². The van der Waals surface area contributed by atoms with Crippen molar-refractivity contribution in [3.05, 3.63) is 64.0 Å². The Morgan fingerprint density at radius 3 is 2.42 bits per heavy atom. The number of nitrogens with zero attached hydrogens (tertiary/aromatic N) is 2. The molecule has 0 radical (unpaired) electrons. The van der Waals surface area contributed by atoms with E-state index in [-0.39, 0.29) is 4.90 Å². The van der Waals surface area contributed by atoms with E-state index in [0.717, 1.165) is 17.7 Å². The number of benzene rings is 2. The molecule has 2 aromatic carbocycles. The minimum Gasteiger partial charge on any atom is -0.309 e. The number of halogens is 2. The Morgan fingerprint density at radius 2 is 1.81 bits per heavy atom. The molecule has 0 spiro atoms. The van der Waals surface area contributed by atoms with Crippen molar-refractivity contribution >= 4 is 36.9 Å². The van der Waals surface area contributed by atoms with Gasteiger partial charge in [0.1, 0.15) is 5.82 Å². The first-order valence-corrected chi connectivity index (χ1v) is 10.4. The van der Waals surface area contributed by atoms with Crippen LogP contribution in [0.25, 0.3) is 10.9 Å². The molecule has 0 fully saturated rings. The zero-order chi connectivity index (χ0) is 19.1. The van der Waals surface area contributed by atoms with Crippen LogP contribution >= 0.6 is 15.9 Å². The number of rotatable bonds is 5. The summed E-state index contributed by atoms with van der Waals surface area (Å²) in [5.74, 6) is -0.402. The topological polar surface area (TPSA) is 42.3 Å². The van der Waals surface area contributed by atoms with Crippen molar-refractivity contribution in [2.45, 2.75) is 18.2 Å². The van der Waals surface area contributed by atoms with Crippen molar-refractivity contribution in [2.75, 3.05) is 20.6 Å². The predicted octanol–water partition coefficient (Wildman–Crippen LogP) is 4.19. The first-order valence-electron chi connectivity index (χ1n) is 8.16. The second-order valence-electron chi connectivity index (χ2n) is 6.61. The monoisotopic (exact) mass is 438 g/mol. The molecule has 0 atom stereocenters. The molecular formula is C19H20BrFN2O2S. The Morgan fingerprint density at radius 1 is 1.15 bits per heavy atom. The number of fused-ring (bicyclic) bond motifs is 1. The predicted molar refractivity (Wildman–Crippen MR) is 106 cm³/mol. The van der Waals surface area contributed by atoms with Gasteiger partial charge < -0.3 is 4.90 Å². The highest BCUT2D eigenvalue weighted by Crippen LogP contribution is 2.33. The van der Waals surface area contributed by atoms with E-state index in [1.807, 2.05) is 25.9 Å². The molecule has 3 aromatic rings. The van der Waals surface area contributed by atoms with Crippen LogP contribution in [-0.2, 0) is 16.4 Å². The van der Waals surface area contributed by atoms with Crippen molar-refractivity contribution in [3.63, 3.8) is 0 Å². The third-order valence-corrected chi connectivity index (χ3v) is 6.55. The fourth-order valence-corrected chi connectivity index (χ4v) is 5.02. The number of aromatic nitrogens is 1. The van der Waals surface area contributed by atoms with Gasteiger partial charge in [-0.3, -0.25) is 0 Å². The van der Waals surface area contributed by atoms with E-state index in [0.29, 0.717) is 21.8 Å². The minimum absolute atomic E-state index is 0.204. The van der Waals surface area contributed by atoms with Crippen LogP contribution in [-0.4, -0.2) is 37.9 Å². The summed E-state index contributed by atoms with van der Waals surface area (Å²) in [6, 6.07) is 9.40. The van der Waals surface area contributed by atoms with E-state index in [2.05, 4.69) is 15.9 Å². The third kappa shape index (κ3) is 3.56. The SMILES string of the molecule is Cc1ccc(S(=O)(=O)n2cc(CCN(C)C)c3cc(F)cc(Br)c32)cc1. The molecule has 138 valence electrons. The van der Waals surface area contributed by atoms with Crippen molar-refractivity contribution in [3.8, 4) is 0 Å². The third-order valence-electron chi connectivity index (χ3n) is 4.27. The molecule has 0 aliphatic carbocycles. The fraction of sp³-hybridized carbons (Fsp3) is 0.263. The van der Waals surface area contributed by atoms with Gasteiger partial charge in [-0.2, -0.15) is 0 Å². The molecule has 1 aromatic heterocycles. The highest BCUT2D eigenvalue weighted by Gasteiger charge is 2.23. The minimum atomic E-state index is -3.78. The molecule has 0 aliphatic rings. The summed E-state index contributed by atoms with van der Waals surface area (Å²) < 4.78 is 42.0. The Kier molecular flexibility index (Phi) is 5.23. The standard InChI is InChI=1S/C19H20BrFN2O2S/c1-13-4-6-16(7-5-13)26(24,25)23-12-14(8-9-22(2)3)17-10-15(21)11-18(20)19(17)23/h4-7,10-12H,8-9H2,1-3H3. The molecule has 0 amide bonds. The smallest absolute Gasteiger partial charge is 0.268 e. The highest BCUT2D eigenvalue weighted by molar-refractivity contribution is 9.10. The normalized spacial score (nSPS) is 12.2. The first-order chi connectivity index (χ1) is 12.2. The van der Waals surface area contributed by atoms with Crippen molar-refractivity contribution in [2.24, 2.45) is 0 Å². The van der Waals surface area contributed by atoms with Crippen LogP contribution in [0.5, 0.6) is 0 Å². The van der Waals surface area contributed by atoms with Crippen LogP contribution in [0.4, 0.5) is 4.39 Å². The van der Waals surface area contributed by atoms with Gasteiger partial charge in [0.25, 0.3) is 10.0 Å². The molecule has 0 bridgehead atoms. The van der Waals surface area contributed by atoms with Crippen LogP contribution in [0.15, 0.2) is 52.0 Å². The van der Waals surface area contributed by atoms with Crippen LogP contribution < -0.4 is 0 Å². The summed E-state index contributed by atoms with van der Waals surface area (Å²) in [5, 5.41) is 0.606. The van der Waals surface area contributed by atoms with Gasteiger partial charge in [-0.05, 0) is 73.2 Å². The van der Waals surface area contributed by atoms with E-state index in [1.54, 1.807) is 30.5 Å². The van der Waals surface area contributed by atoms with Crippen LogP contribution in [0.3, 0.4) is 0 Å². The van der Waals surface area contributed by atoms with Gasteiger partial charge in [-0.1, -0.05) is 17.7 Å². The van der Waals surface area contributed by atoms with Crippen molar-refractivity contribution < 1.29 is 12.8 Å². The summed E-state index contributed by atoms with van der Waals surface area (Å²) in [6.45, 7) is 2.64. The van der Waals surface area contributed by atoms with Crippen LogP contribution in [0.1, 0.15) is 11.1 Å². The Labute approximate surface area is 161 Å². The average Bonchev–Trinajstić information content (AvgIpc) is 2.93. The molecule has 26 heavy (non-hydrogen) atoms. The number of aryl methyl sites for hydroxylation is 1. The van der Waals surface area contributed by atoms with E-state index in [9.17, 15) is 12.8 Å². The van der Waals surface area contributed by atoms with Crippen molar-refractivity contribution in [1.82, 2.24) is 8.87 Å². The highest BCUT2D eigenvalue weighted by atomic mass is 79.9. The number of hydrogen-bond acceptors (Lipinski definition) is 3. The second-order valence-corrected chi connectivity index (χ2v) is 9.27. The Hall–Kier alpha value is -1.70. The van der Waals surface area contributed by atoms with E-state index < -0.39 is 15.8 Å². The lowest BCUT2D eigenvalue weighted by atomic mass is 10.1. The lowest BCUT2D eigenvalue weighted by Crippen LogP contribution is -2.15. The van der Waals surface area contributed by atoms with Gasteiger partial charge in [0, 0.05) is 22.6 Å². The van der Waals surface area contributed by atoms with Gasteiger partial charge in [0.2, 0.25) is 0 Å². The quantitative estimate of drug-likeness (QED) is 0.599. The molecule has 0 aliphatic heterocycles. The summed E-state index contributed by atoms with van der Waals surface area (Å²) in [7, 11) is 0.102. The van der Waals surface area contributed by atoms with Crippen LogP contribution in [0, 0.1) is 12.7 Å². The molecule has 1 heterocycles. The largest absolute Gasteiger partial charge is 0.309 e. The van der Waals surface area contributed by atoms with Gasteiger partial charge in [0.15, 0.2) is 0 Å². The average molecular weight is 439 g/mol. The summed E-state index contributed by atoms with van der Waals surface area (Å²) in [6.07, 6.45) is 2.23. The molecule has 0 unspecified atom stereocenters. The maximum Gasteiger partial charge on any atom is 0.268 e. The molecule has 3 rings (SSSR count). The summed E-state index contributed by atoms with van der Waals surface area (Å²) in [4.78, 5) is 2.21. The molecule has 7 heteroatoms. The molecule has 0 saturated heterocycles. The lowest BCUT2D eigenvalue weighted by Gasteiger charge is -2.09. The summed E-state index contributed by atoms with van der Waals surface area (Å²) >= 11 is 3.33. The van der Waals surface area contributed by atoms with Gasteiger partial charge in [0.05, 0.1) is 10.4 Å². The Bertz CT molecular complexity index is 1060. The maximum absolute atomic E-state index is 14.0.